The standard InChI is InChI=1S/C18H26N6/c1-5-23-6-8-24(9-7-23)16-12-19-22-18(20-16)21-17-14(3)10-13(2)11-15(17)4/h10-12H,5-9H2,1-4H3,(H,20,21,22). The first-order valence-electron chi connectivity index (χ1n) is 8.58. The first kappa shape index (κ1) is 16.6. The number of anilines is 3. The van der Waals surface area contributed by atoms with Crippen LogP contribution in [0.15, 0.2) is 18.3 Å². The molecule has 24 heavy (non-hydrogen) atoms. The summed E-state index contributed by atoms with van der Waals surface area (Å²) in [6.07, 6.45) is 1.75. The van der Waals surface area contributed by atoms with Gasteiger partial charge in [0.15, 0.2) is 5.82 Å². The first-order chi connectivity index (χ1) is 11.6. The Morgan fingerprint density at radius 1 is 1.04 bits per heavy atom. The zero-order valence-electron chi connectivity index (χ0n) is 15.0. The normalized spacial score (nSPS) is 15.6. The maximum absolute atomic E-state index is 4.67. The van der Waals surface area contributed by atoms with Crippen LogP contribution in [0.2, 0.25) is 0 Å². The number of aryl methyl sites for hydroxylation is 3. The fourth-order valence-electron chi connectivity index (χ4n) is 3.28. The molecule has 0 bridgehead atoms. The Morgan fingerprint density at radius 3 is 2.33 bits per heavy atom. The number of hydrogen-bond acceptors (Lipinski definition) is 6. The molecule has 6 nitrogen and oxygen atoms in total. The van der Waals surface area contributed by atoms with Gasteiger partial charge in [0.25, 0.3) is 0 Å². The SMILES string of the molecule is CCN1CCN(c2cnnc(Nc3c(C)cc(C)cc3C)n2)CC1. The number of benzene rings is 1. The monoisotopic (exact) mass is 326 g/mol. The van der Waals surface area contributed by atoms with Gasteiger partial charge in [0, 0.05) is 31.9 Å². The average molecular weight is 326 g/mol. The summed E-state index contributed by atoms with van der Waals surface area (Å²) in [5.74, 6) is 1.45. The van der Waals surface area contributed by atoms with E-state index in [9.17, 15) is 0 Å². The second-order valence-electron chi connectivity index (χ2n) is 6.46. The summed E-state index contributed by atoms with van der Waals surface area (Å²) in [7, 11) is 0. The maximum atomic E-state index is 4.67. The zero-order valence-corrected chi connectivity index (χ0v) is 15.0. The van der Waals surface area contributed by atoms with E-state index in [1.807, 2.05) is 0 Å². The summed E-state index contributed by atoms with van der Waals surface area (Å²) >= 11 is 0. The molecule has 1 aliphatic heterocycles. The lowest BCUT2D eigenvalue weighted by Crippen LogP contribution is -2.46. The quantitative estimate of drug-likeness (QED) is 0.932. The Balaban J connectivity index is 1.77. The van der Waals surface area contributed by atoms with Crippen LogP contribution in [0.25, 0.3) is 0 Å². The van der Waals surface area contributed by atoms with Crippen molar-refractivity contribution in [1.82, 2.24) is 20.1 Å². The molecule has 128 valence electrons. The van der Waals surface area contributed by atoms with Gasteiger partial charge >= 0.3 is 0 Å². The summed E-state index contributed by atoms with van der Waals surface area (Å²) in [6.45, 7) is 13.7. The summed E-state index contributed by atoms with van der Waals surface area (Å²) < 4.78 is 0. The largest absolute Gasteiger partial charge is 0.353 e. The van der Waals surface area contributed by atoms with Crippen LogP contribution >= 0.6 is 0 Å². The molecule has 1 N–H and O–H groups in total. The van der Waals surface area contributed by atoms with Crippen molar-refractivity contribution < 1.29 is 0 Å². The number of likely N-dealkylation sites (N-methyl/N-ethyl adjacent to an activating group) is 1. The van der Waals surface area contributed by atoms with Crippen LogP contribution in [0.5, 0.6) is 0 Å². The molecule has 0 spiro atoms. The first-order valence-corrected chi connectivity index (χ1v) is 8.58. The molecule has 0 atom stereocenters. The van der Waals surface area contributed by atoms with Gasteiger partial charge in [0.1, 0.15) is 0 Å². The maximum Gasteiger partial charge on any atom is 0.249 e. The molecule has 3 rings (SSSR count). The van der Waals surface area contributed by atoms with Crippen LogP contribution in [0.4, 0.5) is 17.5 Å². The van der Waals surface area contributed by atoms with Gasteiger partial charge in [0.05, 0.1) is 6.20 Å². The Labute approximate surface area is 143 Å². The lowest BCUT2D eigenvalue weighted by molar-refractivity contribution is 0.270. The smallest absolute Gasteiger partial charge is 0.249 e. The fourth-order valence-corrected chi connectivity index (χ4v) is 3.28. The van der Waals surface area contributed by atoms with Gasteiger partial charge in [0.2, 0.25) is 5.95 Å². The zero-order chi connectivity index (χ0) is 17.1. The predicted molar refractivity (Wildman–Crippen MR) is 98.1 cm³/mol. The molecule has 1 saturated heterocycles. The van der Waals surface area contributed by atoms with Crippen molar-refractivity contribution in [2.75, 3.05) is 42.9 Å². The van der Waals surface area contributed by atoms with E-state index >= 15 is 0 Å². The molecule has 1 fully saturated rings. The van der Waals surface area contributed by atoms with Gasteiger partial charge in [-0.25, -0.2) is 0 Å². The van der Waals surface area contributed by atoms with Gasteiger partial charge in [-0.05, 0) is 38.4 Å². The minimum atomic E-state index is 0.556. The fraction of sp³-hybridized carbons (Fsp3) is 0.500. The number of aromatic nitrogens is 3. The van der Waals surface area contributed by atoms with Crippen molar-refractivity contribution in [2.24, 2.45) is 0 Å². The minimum absolute atomic E-state index is 0.556. The number of nitrogens with zero attached hydrogens (tertiary/aromatic N) is 5. The Bertz CT molecular complexity index is 683. The third-order valence-electron chi connectivity index (χ3n) is 4.60. The predicted octanol–water partition coefficient (Wildman–Crippen LogP) is 2.68. The number of nitrogens with one attached hydrogen (secondary N) is 1. The summed E-state index contributed by atoms with van der Waals surface area (Å²) in [5, 5.41) is 11.6. The van der Waals surface area contributed by atoms with Crippen LogP contribution in [0.3, 0.4) is 0 Å². The Morgan fingerprint density at radius 2 is 1.71 bits per heavy atom. The van der Waals surface area contributed by atoms with E-state index in [1.54, 1.807) is 6.20 Å². The van der Waals surface area contributed by atoms with Crippen molar-refractivity contribution in [3.05, 3.63) is 35.0 Å². The lowest BCUT2D eigenvalue weighted by Gasteiger charge is -2.34. The lowest BCUT2D eigenvalue weighted by atomic mass is 10.1. The van der Waals surface area contributed by atoms with E-state index in [0.29, 0.717) is 5.95 Å². The molecule has 0 radical (unpaired) electrons. The molecular formula is C18H26N6. The van der Waals surface area contributed by atoms with Gasteiger partial charge in [-0.1, -0.05) is 24.6 Å². The molecule has 6 heteroatoms. The molecule has 2 heterocycles. The molecular weight excluding hydrogens is 300 g/mol. The van der Waals surface area contributed by atoms with Gasteiger partial charge in [-0.15, -0.1) is 5.10 Å². The molecule has 1 aliphatic rings. The average Bonchev–Trinajstić information content (AvgIpc) is 2.58. The highest BCUT2D eigenvalue weighted by atomic mass is 15.3. The van der Waals surface area contributed by atoms with Crippen LogP contribution in [0.1, 0.15) is 23.6 Å². The third-order valence-corrected chi connectivity index (χ3v) is 4.60. The topological polar surface area (TPSA) is 57.2 Å². The number of rotatable bonds is 4. The molecule has 1 aromatic heterocycles. The van der Waals surface area contributed by atoms with Crippen LogP contribution < -0.4 is 10.2 Å². The highest BCUT2D eigenvalue weighted by molar-refractivity contribution is 5.64. The Kier molecular flexibility index (Phi) is 4.94. The molecule has 2 aromatic rings. The molecule has 0 amide bonds. The second-order valence-corrected chi connectivity index (χ2v) is 6.46. The highest BCUT2D eigenvalue weighted by Crippen LogP contribution is 2.25. The van der Waals surface area contributed by atoms with Crippen molar-refractivity contribution >= 4 is 17.5 Å². The van der Waals surface area contributed by atoms with Crippen molar-refractivity contribution in [2.45, 2.75) is 27.7 Å². The molecule has 1 aromatic carbocycles. The highest BCUT2D eigenvalue weighted by Gasteiger charge is 2.18. The molecule has 0 aliphatic carbocycles. The van der Waals surface area contributed by atoms with E-state index in [-0.39, 0.29) is 0 Å². The van der Waals surface area contributed by atoms with E-state index in [0.717, 1.165) is 44.2 Å². The van der Waals surface area contributed by atoms with E-state index < -0.39 is 0 Å². The minimum Gasteiger partial charge on any atom is -0.353 e. The summed E-state index contributed by atoms with van der Waals surface area (Å²) in [4.78, 5) is 9.40. The van der Waals surface area contributed by atoms with E-state index in [2.05, 4.69) is 70.1 Å². The van der Waals surface area contributed by atoms with E-state index in [4.69, 9.17) is 0 Å². The van der Waals surface area contributed by atoms with Crippen LogP contribution in [-0.2, 0) is 0 Å². The molecule has 0 saturated carbocycles. The van der Waals surface area contributed by atoms with Gasteiger partial charge in [-0.2, -0.15) is 10.1 Å². The van der Waals surface area contributed by atoms with Crippen LogP contribution in [-0.4, -0.2) is 52.8 Å². The summed E-state index contributed by atoms with van der Waals surface area (Å²) in [5.41, 5.74) is 4.71. The van der Waals surface area contributed by atoms with Crippen molar-refractivity contribution in [3.63, 3.8) is 0 Å². The van der Waals surface area contributed by atoms with Gasteiger partial charge < -0.3 is 15.1 Å². The van der Waals surface area contributed by atoms with Crippen molar-refractivity contribution in [3.8, 4) is 0 Å². The van der Waals surface area contributed by atoms with Gasteiger partial charge in [-0.3, -0.25) is 0 Å². The van der Waals surface area contributed by atoms with E-state index in [1.165, 1.54) is 16.7 Å². The number of piperazine rings is 1. The third kappa shape index (κ3) is 3.64. The van der Waals surface area contributed by atoms with Crippen molar-refractivity contribution in [1.29, 1.82) is 0 Å². The summed E-state index contributed by atoms with van der Waals surface area (Å²) in [6, 6.07) is 4.33. The Hall–Kier alpha value is -2.21. The number of hydrogen-bond donors (Lipinski definition) is 1. The van der Waals surface area contributed by atoms with Crippen LogP contribution in [0, 0.1) is 20.8 Å². The molecule has 0 unspecified atom stereocenters. The second kappa shape index (κ2) is 7.13.